The summed E-state index contributed by atoms with van der Waals surface area (Å²) in [5.74, 6) is -0.00464. The van der Waals surface area contributed by atoms with Gasteiger partial charge in [0.05, 0.1) is 6.04 Å². The second-order valence-corrected chi connectivity index (χ2v) is 5.48. The predicted molar refractivity (Wildman–Crippen MR) is 81.5 cm³/mol. The number of nitrogens with zero attached hydrogens (tertiary/aromatic N) is 1. The molecule has 21 heavy (non-hydrogen) atoms. The van der Waals surface area contributed by atoms with Crippen LogP contribution in [0.4, 0.5) is 0 Å². The van der Waals surface area contributed by atoms with Crippen LogP contribution >= 0.6 is 0 Å². The first-order valence-corrected chi connectivity index (χ1v) is 7.47. The summed E-state index contributed by atoms with van der Waals surface area (Å²) in [5, 5.41) is 2.95. The minimum Gasteiger partial charge on any atom is -0.350 e. The quantitative estimate of drug-likeness (QED) is 0.837. The maximum Gasteiger partial charge on any atom is 0.237 e. The Bertz CT molecular complexity index is 490. The van der Waals surface area contributed by atoms with E-state index in [1.165, 1.54) is 0 Å². The molecule has 1 fully saturated rings. The predicted octanol–water partition coefficient (Wildman–Crippen LogP) is 0.684. The van der Waals surface area contributed by atoms with Gasteiger partial charge in [0.1, 0.15) is 0 Å². The molecular formula is C16H23N3O2. The molecule has 0 radical (unpaired) electrons. The van der Waals surface area contributed by atoms with Crippen molar-refractivity contribution in [3.8, 4) is 0 Å². The van der Waals surface area contributed by atoms with Crippen LogP contribution in [0.25, 0.3) is 0 Å². The van der Waals surface area contributed by atoms with Crippen LogP contribution in [0.5, 0.6) is 0 Å². The Kier molecular flexibility index (Phi) is 5.33. The minimum atomic E-state index is -0.552. The zero-order valence-electron chi connectivity index (χ0n) is 12.4. The van der Waals surface area contributed by atoms with Gasteiger partial charge in [-0.15, -0.1) is 0 Å². The zero-order valence-corrected chi connectivity index (χ0v) is 12.4. The largest absolute Gasteiger partial charge is 0.350 e. The second-order valence-electron chi connectivity index (χ2n) is 5.48. The molecule has 2 atom stereocenters. The van der Waals surface area contributed by atoms with Crippen LogP contribution in [-0.2, 0) is 16.0 Å². The van der Waals surface area contributed by atoms with Crippen molar-refractivity contribution in [1.29, 1.82) is 0 Å². The molecule has 3 N–H and O–H groups in total. The molecule has 1 heterocycles. The summed E-state index contributed by atoms with van der Waals surface area (Å²) < 4.78 is 0. The van der Waals surface area contributed by atoms with Crippen LogP contribution in [0.15, 0.2) is 30.3 Å². The molecule has 5 heteroatoms. The van der Waals surface area contributed by atoms with Gasteiger partial charge in [0.25, 0.3) is 0 Å². The fourth-order valence-electron chi connectivity index (χ4n) is 2.60. The Morgan fingerprint density at radius 1 is 1.38 bits per heavy atom. The van der Waals surface area contributed by atoms with Gasteiger partial charge in [0.15, 0.2) is 0 Å². The number of hydrogen-bond donors (Lipinski definition) is 2. The smallest absolute Gasteiger partial charge is 0.237 e. The summed E-state index contributed by atoms with van der Waals surface area (Å²) in [4.78, 5) is 25.5. The SMILES string of the molecule is CCC(=O)N1CCC(NC(=O)[C@@H](N)Cc2ccccc2)C1. The number of hydrogen-bond acceptors (Lipinski definition) is 3. The van der Waals surface area contributed by atoms with Gasteiger partial charge in [-0.1, -0.05) is 37.3 Å². The molecule has 0 spiro atoms. The topological polar surface area (TPSA) is 75.4 Å². The number of benzene rings is 1. The Hall–Kier alpha value is -1.88. The van der Waals surface area contributed by atoms with Crippen molar-refractivity contribution in [2.75, 3.05) is 13.1 Å². The highest BCUT2D eigenvalue weighted by atomic mass is 16.2. The van der Waals surface area contributed by atoms with Crippen molar-refractivity contribution in [1.82, 2.24) is 10.2 Å². The summed E-state index contributed by atoms with van der Waals surface area (Å²) in [7, 11) is 0. The lowest BCUT2D eigenvalue weighted by molar-refractivity contribution is -0.130. The molecule has 1 aromatic carbocycles. The molecule has 0 aliphatic carbocycles. The summed E-state index contributed by atoms with van der Waals surface area (Å²) in [6.07, 6.45) is 1.83. The van der Waals surface area contributed by atoms with Gasteiger partial charge in [-0.05, 0) is 18.4 Å². The summed E-state index contributed by atoms with van der Waals surface area (Å²) in [5.41, 5.74) is 7.01. The highest BCUT2D eigenvalue weighted by Crippen LogP contribution is 2.11. The number of amides is 2. The van der Waals surface area contributed by atoms with Crippen molar-refractivity contribution in [2.45, 2.75) is 38.3 Å². The second kappa shape index (κ2) is 7.22. The molecule has 1 saturated heterocycles. The summed E-state index contributed by atoms with van der Waals surface area (Å²) >= 11 is 0. The van der Waals surface area contributed by atoms with Gasteiger partial charge >= 0.3 is 0 Å². The van der Waals surface area contributed by atoms with Crippen molar-refractivity contribution >= 4 is 11.8 Å². The zero-order chi connectivity index (χ0) is 15.2. The Labute approximate surface area is 125 Å². The molecule has 1 aliphatic heterocycles. The van der Waals surface area contributed by atoms with Gasteiger partial charge in [-0.25, -0.2) is 0 Å². The molecule has 5 nitrogen and oxygen atoms in total. The average Bonchev–Trinajstić information content (AvgIpc) is 2.96. The van der Waals surface area contributed by atoms with Crippen LogP contribution in [0.3, 0.4) is 0 Å². The molecule has 114 valence electrons. The van der Waals surface area contributed by atoms with Gasteiger partial charge in [-0.2, -0.15) is 0 Å². The van der Waals surface area contributed by atoms with Crippen LogP contribution in [0, 0.1) is 0 Å². The van der Waals surface area contributed by atoms with Gasteiger partial charge < -0.3 is 16.0 Å². The van der Waals surface area contributed by atoms with Crippen LogP contribution in [0.1, 0.15) is 25.3 Å². The number of likely N-dealkylation sites (tertiary alicyclic amines) is 1. The molecule has 0 bridgehead atoms. The van der Waals surface area contributed by atoms with E-state index in [0.717, 1.165) is 12.0 Å². The third-order valence-electron chi connectivity index (χ3n) is 3.83. The third kappa shape index (κ3) is 4.29. The molecule has 1 unspecified atom stereocenters. The number of carbonyl (C=O) groups excluding carboxylic acids is 2. The van der Waals surface area contributed by atoms with Crippen LogP contribution in [0.2, 0.25) is 0 Å². The highest BCUT2D eigenvalue weighted by molar-refractivity contribution is 5.82. The Morgan fingerprint density at radius 2 is 2.10 bits per heavy atom. The van der Waals surface area contributed by atoms with Crippen molar-refractivity contribution in [3.05, 3.63) is 35.9 Å². The molecule has 0 saturated carbocycles. The minimum absolute atomic E-state index is 0.0230. The van der Waals surface area contributed by atoms with E-state index >= 15 is 0 Å². The number of rotatable bonds is 5. The average molecular weight is 289 g/mol. The van der Waals surface area contributed by atoms with E-state index in [0.29, 0.717) is 25.9 Å². The number of nitrogens with two attached hydrogens (primary N) is 1. The lowest BCUT2D eigenvalue weighted by Gasteiger charge is -2.18. The van der Waals surface area contributed by atoms with Crippen LogP contribution in [-0.4, -0.2) is 41.9 Å². The first-order chi connectivity index (χ1) is 10.1. The molecule has 1 aromatic rings. The van der Waals surface area contributed by atoms with Crippen molar-refractivity contribution in [2.24, 2.45) is 5.73 Å². The summed E-state index contributed by atoms with van der Waals surface area (Å²) in [6, 6.07) is 9.20. The van der Waals surface area contributed by atoms with Gasteiger partial charge in [0.2, 0.25) is 11.8 Å². The third-order valence-corrected chi connectivity index (χ3v) is 3.83. The van der Waals surface area contributed by atoms with E-state index in [2.05, 4.69) is 5.32 Å². The van der Waals surface area contributed by atoms with Crippen molar-refractivity contribution in [3.63, 3.8) is 0 Å². The van der Waals surface area contributed by atoms with E-state index in [1.807, 2.05) is 37.3 Å². The number of nitrogens with one attached hydrogen (secondary N) is 1. The fraction of sp³-hybridized carbons (Fsp3) is 0.500. The maximum atomic E-state index is 12.1. The van der Waals surface area contributed by atoms with Gasteiger partial charge in [0, 0.05) is 25.6 Å². The van der Waals surface area contributed by atoms with E-state index in [9.17, 15) is 9.59 Å². The molecule has 2 amide bonds. The van der Waals surface area contributed by atoms with E-state index < -0.39 is 6.04 Å². The highest BCUT2D eigenvalue weighted by Gasteiger charge is 2.27. The monoisotopic (exact) mass is 289 g/mol. The fourth-order valence-corrected chi connectivity index (χ4v) is 2.60. The van der Waals surface area contributed by atoms with Gasteiger partial charge in [-0.3, -0.25) is 9.59 Å². The molecule has 2 rings (SSSR count). The normalized spacial score (nSPS) is 19.3. The Morgan fingerprint density at radius 3 is 2.76 bits per heavy atom. The first-order valence-electron chi connectivity index (χ1n) is 7.47. The first kappa shape index (κ1) is 15.5. The molecule has 1 aliphatic rings. The van der Waals surface area contributed by atoms with E-state index in [1.54, 1.807) is 4.90 Å². The lowest BCUT2D eigenvalue weighted by Crippen LogP contribution is -2.47. The number of carbonyl (C=O) groups is 2. The lowest BCUT2D eigenvalue weighted by atomic mass is 10.1. The van der Waals surface area contributed by atoms with E-state index in [4.69, 9.17) is 5.73 Å². The summed E-state index contributed by atoms with van der Waals surface area (Å²) in [6.45, 7) is 3.16. The maximum absolute atomic E-state index is 12.1. The standard InChI is InChI=1S/C16H23N3O2/c1-2-15(20)19-9-8-13(11-19)18-16(21)14(17)10-12-6-4-3-5-7-12/h3-7,13-14H,2,8-11,17H2,1H3,(H,18,21)/t13?,14-/m0/s1. The van der Waals surface area contributed by atoms with Crippen LogP contribution < -0.4 is 11.1 Å². The molecular weight excluding hydrogens is 266 g/mol. The van der Waals surface area contributed by atoms with Crippen molar-refractivity contribution < 1.29 is 9.59 Å². The Balaban J connectivity index is 1.80. The van der Waals surface area contributed by atoms with E-state index in [-0.39, 0.29) is 17.9 Å². The molecule has 0 aromatic heterocycles.